The van der Waals surface area contributed by atoms with Crippen molar-refractivity contribution >= 4 is 11.8 Å². The van der Waals surface area contributed by atoms with Gasteiger partial charge >= 0.3 is 0 Å². The standard InChI is InChI=1S/C15H20N6O/c1-11-5-6-16-15(19-11)20-12-4-3-7-21(9-12)13-8-14(22-2)18-10-17-13/h5-6,8,10,12H,3-4,7,9H2,1-2H3,(H,16,19,20). The summed E-state index contributed by atoms with van der Waals surface area (Å²) in [5.41, 5.74) is 0.964. The average molecular weight is 300 g/mol. The van der Waals surface area contributed by atoms with E-state index in [9.17, 15) is 0 Å². The molecule has 1 aliphatic rings. The molecule has 1 aliphatic heterocycles. The second kappa shape index (κ2) is 6.55. The van der Waals surface area contributed by atoms with Gasteiger partial charge in [0.15, 0.2) is 0 Å². The molecule has 0 amide bonds. The van der Waals surface area contributed by atoms with Gasteiger partial charge in [-0.1, -0.05) is 0 Å². The number of nitrogens with one attached hydrogen (secondary N) is 1. The minimum absolute atomic E-state index is 0.302. The zero-order valence-corrected chi connectivity index (χ0v) is 12.9. The van der Waals surface area contributed by atoms with E-state index < -0.39 is 0 Å². The first-order valence-corrected chi connectivity index (χ1v) is 7.42. The number of methoxy groups -OCH3 is 1. The van der Waals surface area contributed by atoms with Crippen molar-refractivity contribution in [3.63, 3.8) is 0 Å². The Kier molecular flexibility index (Phi) is 4.32. The largest absolute Gasteiger partial charge is 0.481 e. The van der Waals surface area contributed by atoms with Crippen molar-refractivity contribution in [2.45, 2.75) is 25.8 Å². The van der Waals surface area contributed by atoms with Crippen LogP contribution in [-0.4, -0.2) is 46.2 Å². The molecule has 1 atom stereocenters. The first-order chi connectivity index (χ1) is 10.7. The number of nitrogens with zero attached hydrogens (tertiary/aromatic N) is 5. The van der Waals surface area contributed by atoms with Gasteiger partial charge in [-0.25, -0.2) is 19.9 Å². The van der Waals surface area contributed by atoms with E-state index in [1.165, 1.54) is 6.33 Å². The van der Waals surface area contributed by atoms with Crippen LogP contribution >= 0.6 is 0 Å². The third kappa shape index (κ3) is 3.41. The van der Waals surface area contributed by atoms with Crippen molar-refractivity contribution in [3.05, 3.63) is 30.4 Å². The van der Waals surface area contributed by atoms with E-state index in [4.69, 9.17) is 4.74 Å². The van der Waals surface area contributed by atoms with E-state index >= 15 is 0 Å². The van der Waals surface area contributed by atoms with E-state index in [0.29, 0.717) is 17.9 Å². The maximum atomic E-state index is 5.17. The topological polar surface area (TPSA) is 76.1 Å². The summed E-state index contributed by atoms with van der Waals surface area (Å²) < 4.78 is 5.17. The summed E-state index contributed by atoms with van der Waals surface area (Å²) >= 11 is 0. The second-order valence-electron chi connectivity index (χ2n) is 5.37. The zero-order valence-electron chi connectivity index (χ0n) is 12.9. The zero-order chi connectivity index (χ0) is 15.4. The molecule has 116 valence electrons. The van der Waals surface area contributed by atoms with Crippen molar-refractivity contribution in [1.29, 1.82) is 0 Å². The Hall–Kier alpha value is -2.44. The fourth-order valence-electron chi connectivity index (χ4n) is 2.62. The van der Waals surface area contributed by atoms with Gasteiger partial charge in [-0.2, -0.15) is 0 Å². The summed E-state index contributed by atoms with van der Waals surface area (Å²) in [6.45, 7) is 3.80. The lowest BCUT2D eigenvalue weighted by Crippen LogP contribution is -2.42. The Labute approximate surface area is 129 Å². The lowest BCUT2D eigenvalue weighted by Gasteiger charge is -2.33. The van der Waals surface area contributed by atoms with Crippen LogP contribution in [0.25, 0.3) is 0 Å². The smallest absolute Gasteiger partial charge is 0.223 e. The first kappa shape index (κ1) is 14.5. The molecule has 2 aromatic heterocycles. The van der Waals surface area contributed by atoms with Crippen molar-refractivity contribution in [3.8, 4) is 5.88 Å². The molecule has 7 nitrogen and oxygen atoms in total. The molecule has 1 N–H and O–H groups in total. The van der Waals surface area contributed by atoms with Crippen LogP contribution in [-0.2, 0) is 0 Å². The van der Waals surface area contributed by atoms with Gasteiger partial charge in [-0.3, -0.25) is 0 Å². The predicted octanol–water partition coefficient (Wildman–Crippen LogP) is 1.66. The molecule has 2 aromatic rings. The number of hydrogen-bond acceptors (Lipinski definition) is 7. The number of ether oxygens (including phenoxy) is 1. The van der Waals surface area contributed by atoms with Crippen LogP contribution in [0.4, 0.5) is 11.8 Å². The highest BCUT2D eigenvalue weighted by Gasteiger charge is 2.22. The van der Waals surface area contributed by atoms with Gasteiger partial charge in [0.05, 0.1) is 7.11 Å². The summed E-state index contributed by atoms with van der Waals surface area (Å²) in [6.07, 6.45) is 5.50. The number of anilines is 2. The fraction of sp³-hybridized carbons (Fsp3) is 0.467. The molecule has 22 heavy (non-hydrogen) atoms. The Morgan fingerprint density at radius 1 is 1.32 bits per heavy atom. The highest BCUT2D eigenvalue weighted by atomic mass is 16.5. The van der Waals surface area contributed by atoms with E-state index in [-0.39, 0.29) is 0 Å². The molecule has 7 heteroatoms. The Balaban J connectivity index is 1.68. The lowest BCUT2D eigenvalue weighted by atomic mass is 10.1. The molecule has 0 spiro atoms. The minimum atomic E-state index is 0.302. The molecular formula is C15H20N6O. The Bertz CT molecular complexity index is 635. The normalized spacial score (nSPS) is 18.1. The van der Waals surface area contributed by atoms with Crippen LogP contribution < -0.4 is 15.0 Å². The average Bonchev–Trinajstić information content (AvgIpc) is 2.55. The summed E-state index contributed by atoms with van der Waals surface area (Å²) in [5.74, 6) is 2.16. The highest BCUT2D eigenvalue weighted by Crippen LogP contribution is 2.21. The number of hydrogen-bond donors (Lipinski definition) is 1. The Morgan fingerprint density at radius 3 is 3.05 bits per heavy atom. The minimum Gasteiger partial charge on any atom is -0.481 e. The number of aryl methyl sites for hydroxylation is 1. The predicted molar refractivity (Wildman–Crippen MR) is 84.2 cm³/mol. The van der Waals surface area contributed by atoms with Gasteiger partial charge in [0.1, 0.15) is 12.1 Å². The summed E-state index contributed by atoms with van der Waals surface area (Å²) in [7, 11) is 1.61. The van der Waals surface area contributed by atoms with Crippen molar-refractivity contribution < 1.29 is 4.74 Å². The molecule has 0 aromatic carbocycles. The van der Waals surface area contributed by atoms with Gasteiger partial charge < -0.3 is 15.0 Å². The van der Waals surface area contributed by atoms with E-state index in [1.807, 2.05) is 19.1 Å². The highest BCUT2D eigenvalue weighted by molar-refractivity contribution is 5.42. The molecule has 3 rings (SSSR count). The van der Waals surface area contributed by atoms with E-state index in [2.05, 4.69) is 30.2 Å². The third-order valence-corrected chi connectivity index (χ3v) is 3.71. The first-order valence-electron chi connectivity index (χ1n) is 7.42. The van der Waals surface area contributed by atoms with Crippen LogP contribution in [0.15, 0.2) is 24.7 Å². The monoisotopic (exact) mass is 300 g/mol. The molecule has 1 unspecified atom stereocenters. The molecule has 0 saturated carbocycles. The van der Waals surface area contributed by atoms with Crippen LogP contribution in [0, 0.1) is 6.92 Å². The summed E-state index contributed by atoms with van der Waals surface area (Å²) in [5, 5.41) is 3.41. The van der Waals surface area contributed by atoms with Crippen LogP contribution in [0.2, 0.25) is 0 Å². The number of aromatic nitrogens is 4. The van der Waals surface area contributed by atoms with Gasteiger partial charge in [0.2, 0.25) is 11.8 Å². The van der Waals surface area contributed by atoms with E-state index in [1.54, 1.807) is 13.3 Å². The Morgan fingerprint density at radius 2 is 2.23 bits per heavy atom. The van der Waals surface area contributed by atoms with Gasteiger partial charge in [-0.15, -0.1) is 0 Å². The molecule has 0 radical (unpaired) electrons. The van der Waals surface area contributed by atoms with Crippen molar-refractivity contribution in [2.24, 2.45) is 0 Å². The maximum absolute atomic E-state index is 5.17. The summed E-state index contributed by atoms with van der Waals surface area (Å²) in [6, 6.07) is 4.06. The van der Waals surface area contributed by atoms with Crippen LogP contribution in [0.1, 0.15) is 18.5 Å². The number of rotatable bonds is 4. The molecule has 1 fully saturated rings. The van der Waals surface area contributed by atoms with E-state index in [0.717, 1.165) is 37.4 Å². The lowest BCUT2D eigenvalue weighted by molar-refractivity contribution is 0.396. The molecule has 0 aliphatic carbocycles. The van der Waals surface area contributed by atoms with Gasteiger partial charge in [0.25, 0.3) is 0 Å². The van der Waals surface area contributed by atoms with Gasteiger partial charge in [-0.05, 0) is 25.8 Å². The SMILES string of the molecule is COc1cc(N2CCCC(Nc3nccc(C)n3)C2)ncn1. The maximum Gasteiger partial charge on any atom is 0.223 e. The van der Waals surface area contributed by atoms with Crippen molar-refractivity contribution in [1.82, 2.24) is 19.9 Å². The van der Waals surface area contributed by atoms with Gasteiger partial charge in [0, 0.05) is 37.1 Å². The molecular weight excluding hydrogens is 280 g/mol. The molecule has 1 saturated heterocycles. The molecule has 0 bridgehead atoms. The van der Waals surface area contributed by atoms with Crippen molar-refractivity contribution in [2.75, 3.05) is 30.4 Å². The van der Waals surface area contributed by atoms with Crippen LogP contribution in [0.5, 0.6) is 5.88 Å². The number of piperidine rings is 1. The fourth-order valence-corrected chi connectivity index (χ4v) is 2.62. The summed E-state index contributed by atoms with van der Waals surface area (Å²) in [4.78, 5) is 19.3. The quantitative estimate of drug-likeness (QED) is 0.920. The third-order valence-electron chi connectivity index (χ3n) is 3.71. The second-order valence-corrected chi connectivity index (χ2v) is 5.37. The molecule has 3 heterocycles. The van der Waals surface area contributed by atoms with Crippen LogP contribution in [0.3, 0.4) is 0 Å².